The van der Waals surface area contributed by atoms with Crippen LogP contribution in [0.2, 0.25) is 0 Å². The highest BCUT2D eigenvalue weighted by Gasteiger charge is 2.22. The smallest absolute Gasteiger partial charge is 0.229 e. The van der Waals surface area contributed by atoms with E-state index < -0.39 is 0 Å². The van der Waals surface area contributed by atoms with Gasteiger partial charge in [0.05, 0.1) is 0 Å². The maximum absolute atomic E-state index is 11.7. The van der Waals surface area contributed by atoms with Crippen LogP contribution in [0.4, 0.5) is 0 Å². The number of rotatable bonds is 0. The van der Waals surface area contributed by atoms with Crippen LogP contribution in [0.3, 0.4) is 0 Å². The molecule has 0 radical (unpaired) electrons. The van der Waals surface area contributed by atoms with Crippen LogP contribution in [0.25, 0.3) is 0 Å². The lowest BCUT2D eigenvalue weighted by Gasteiger charge is -2.00. The fraction of sp³-hybridized carbons (Fsp3) is 0.300. The van der Waals surface area contributed by atoms with Crippen molar-refractivity contribution >= 4 is 11.5 Å². The van der Waals surface area contributed by atoms with Gasteiger partial charge < -0.3 is 5.21 Å². The van der Waals surface area contributed by atoms with E-state index >= 15 is 0 Å². The molecule has 0 saturated heterocycles. The molecule has 0 amide bonds. The van der Waals surface area contributed by atoms with Gasteiger partial charge in [0.15, 0.2) is 0 Å². The van der Waals surface area contributed by atoms with Gasteiger partial charge in [0.25, 0.3) is 0 Å². The van der Waals surface area contributed by atoms with Crippen LogP contribution in [0.1, 0.15) is 28.9 Å². The summed E-state index contributed by atoms with van der Waals surface area (Å²) in [6.07, 6.45) is 3.74. The minimum absolute atomic E-state index is 0.211. The minimum Gasteiger partial charge on any atom is -0.411 e. The van der Waals surface area contributed by atoms with E-state index in [-0.39, 0.29) is 11.5 Å². The number of pyridine rings is 1. The molecule has 0 atom stereocenters. The third kappa shape index (κ3) is 1.39. The molecule has 72 valence electrons. The average Bonchev–Trinajstić information content (AvgIpc) is 2.39. The van der Waals surface area contributed by atoms with Crippen molar-refractivity contribution in [1.29, 1.82) is 0 Å². The van der Waals surface area contributed by atoms with Gasteiger partial charge in [-0.2, -0.15) is 0 Å². The normalized spacial score (nSPS) is 19.1. The van der Waals surface area contributed by atoms with Crippen molar-refractivity contribution in [2.75, 3.05) is 0 Å². The molecule has 0 aromatic carbocycles. The van der Waals surface area contributed by atoms with E-state index in [0.717, 1.165) is 18.4 Å². The summed E-state index contributed by atoms with van der Waals surface area (Å²) in [5.74, 6) is -0.249. The van der Waals surface area contributed by atoms with Gasteiger partial charge >= 0.3 is 0 Å². The molecule has 1 aromatic rings. The molecule has 0 bridgehead atoms. The number of nitrogens with zero attached hydrogens (tertiary/aromatic N) is 2. The summed E-state index contributed by atoms with van der Waals surface area (Å²) in [6, 6.07) is 3.70. The first-order valence-corrected chi connectivity index (χ1v) is 4.52. The first kappa shape index (κ1) is 8.87. The number of fused-ring (bicyclic) bond motifs is 1. The second-order valence-corrected chi connectivity index (χ2v) is 3.24. The maximum Gasteiger partial charge on any atom is 0.229 e. The van der Waals surface area contributed by atoms with E-state index in [4.69, 9.17) is 5.21 Å². The molecule has 1 aliphatic rings. The molecule has 2 rings (SSSR count). The minimum atomic E-state index is -0.249. The summed E-state index contributed by atoms with van der Waals surface area (Å²) in [4.78, 5) is 15.7. The van der Waals surface area contributed by atoms with Crippen LogP contribution >= 0.6 is 0 Å². The summed E-state index contributed by atoms with van der Waals surface area (Å²) in [7, 11) is 0. The Morgan fingerprint density at radius 1 is 1.43 bits per heavy atom. The van der Waals surface area contributed by atoms with Gasteiger partial charge in [-0.15, -0.1) is 0 Å². The average molecular weight is 190 g/mol. The Hall–Kier alpha value is -1.71. The molecule has 0 spiro atoms. The second-order valence-electron chi connectivity index (χ2n) is 3.24. The van der Waals surface area contributed by atoms with Gasteiger partial charge in [0.2, 0.25) is 5.78 Å². The lowest BCUT2D eigenvalue weighted by molar-refractivity contribution is 0.105. The highest BCUT2D eigenvalue weighted by atomic mass is 16.4. The zero-order chi connectivity index (χ0) is 9.97. The van der Waals surface area contributed by atoms with Gasteiger partial charge in [-0.3, -0.25) is 9.78 Å². The maximum atomic E-state index is 11.7. The number of Topliss-reactive ketones (excluding diaryl/α,β-unsaturated/α-hetero) is 1. The monoisotopic (exact) mass is 190 g/mol. The summed E-state index contributed by atoms with van der Waals surface area (Å²) < 4.78 is 0. The van der Waals surface area contributed by atoms with Crippen LogP contribution in [0.5, 0.6) is 0 Å². The molecule has 0 aliphatic heterocycles. The van der Waals surface area contributed by atoms with Gasteiger partial charge in [0.1, 0.15) is 11.4 Å². The second kappa shape index (κ2) is 3.57. The Balaban J connectivity index is 2.50. The van der Waals surface area contributed by atoms with E-state index in [1.807, 2.05) is 12.1 Å². The van der Waals surface area contributed by atoms with Crippen LogP contribution in [-0.4, -0.2) is 21.7 Å². The number of aryl methyl sites for hydroxylation is 1. The number of hydrogen-bond acceptors (Lipinski definition) is 4. The molecule has 14 heavy (non-hydrogen) atoms. The third-order valence-electron chi connectivity index (χ3n) is 2.35. The van der Waals surface area contributed by atoms with E-state index in [2.05, 4.69) is 10.1 Å². The Kier molecular flexibility index (Phi) is 2.26. The molecule has 0 saturated carbocycles. The van der Waals surface area contributed by atoms with Crippen molar-refractivity contribution in [3.63, 3.8) is 0 Å². The van der Waals surface area contributed by atoms with Crippen molar-refractivity contribution in [3.05, 3.63) is 29.6 Å². The number of aromatic nitrogens is 1. The largest absolute Gasteiger partial charge is 0.411 e. The molecular formula is C10H10N2O2. The first-order valence-electron chi connectivity index (χ1n) is 4.52. The fourth-order valence-electron chi connectivity index (χ4n) is 1.64. The Bertz CT molecular complexity index is 399. The van der Waals surface area contributed by atoms with Crippen LogP contribution in [-0.2, 0) is 6.42 Å². The standard InChI is InChI=1S/C10H10N2O2/c13-10-8(12-14)5-1-3-7-4-2-6-11-9(7)10/h2,4,6,14H,1,3,5H2. The van der Waals surface area contributed by atoms with Gasteiger partial charge in [-0.05, 0) is 30.9 Å². The number of carbonyl (C=O) groups excluding carboxylic acids is 1. The number of ketones is 1. The molecule has 4 heteroatoms. The summed E-state index contributed by atoms with van der Waals surface area (Å²) in [6.45, 7) is 0. The number of oxime groups is 1. The predicted molar refractivity (Wildman–Crippen MR) is 50.7 cm³/mol. The molecular weight excluding hydrogens is 180 g/mol. The molecule has 4 nitrogen and oxygen atoms in total. The molecule has 1 heterocycles. The summed E-state index contributed by atoms with van der Waals surface area (Å²) in [5.41, 5.74) is 1.58. The molecule has 0 fully saturated rings. The third-order valence-corrected chi connectivity index (χ3v) is 2.35. The quantitative estimate of drug-likeness (QED) is 0.382. The van der Waals surface area contributed by atoms with Gasteiger partial charge in [-0.25, -0.2) is 0 Å². The molecule has 1 N–H and O–H groups in total. The lowest BCUT2D eigenvalue weighted by atomic mass is 10.1. The first-order chi connectivity index (χ1) is 6.83. The highest BCUT2D eigenvalue weighted by Crippen LogP contribution is 2.16. The Morgan fingerprint density at radius 2 is 2.29 bits per heavy atom. The van der Waals surface area contributed by atoms with Crippen molar-refractivity contribution in [2.45, 2.75) is 19.3 Å². The van der Waals surface area contributed by atoms with Crippen molar-refractivity contribution in [3.8, 4) is 0 Å². The van der Waals surface area contributed by atoms with E-state index in [1.165, 1.54) is 0 Å². The highest BCUT2D eigenvalue weighted by molar-refractivity contribution is 6.45. The van der Waals surface area contributed by atoms with Crippen LogP contribution in [0.15, 0.2) is 23.5 Å². The Labute approximate surface area is 81.3 Å². The molecule has 0 unspecified atom stereocenters. The van der Waals surface area contributed by atoms with Gasteiger partial charge in [0, 0.05) is 6.20 Å². The van der Waals surface area contributed by atoms with Crippen molar-refractivity contribution < 1.29 is 10.0 Å². The molecule has 1 aromatic heterocycles. The van der Waals surface area contributed by atoms with Gasteiger partial charge in [-0.1, -0.05) is 11.2 Å². The van der Waals surface area contributed by atoms with Crippen molar-refractivity contribution in [1.82, 2.24) is 4.98 Å². The summed E-state index contributed by atoms with van der Waals surface area (Å²) >= 11 is 0. The lowest BCUT2D eigenvalue weighted by Crippen LogP contribution is -2.14. The topological polar surface area (TPSA) is 62.5 Å². The Morgan fingerprint density at radius 3 is 3.07 bits per heavy atom. The fourth-order valence-corrected chi connectivity index (χ4v) is 1.64. The molecule has 1 aliphatic carbocycles. The van der Waals surface area contributed by atoms with E-state index in [1.54, 1.807) is 6.20 Å². The summed E-state index contributed by atoms with van der Waals surface area (Å²) in [5, 5.41) is 11.7. The van der Waals surface area contributed by atoms with E-state index in [0.29, 0.717) is 12.1 Å². The predicted octanol–water partition coefficient (Wildman–Crippen LogP) is 1.43. The SMILES string of the molecule is O=C1C(=NO)CCCc2cccnc21. The zero-order valence-electron chi connectivity index (χ0n) is 7.60. The van der Waals surface area contributed by atoms with Crippen LogP contribution < -0.4 is 0 Å². The van der Waals surface area contributed by atoms with E-state index in [9.17, 15) is 4.79 Å². The van der Waals surface area contributed by atoms with Crippen molar-refractivity contribution in [2.24, 2.45) is 5.16 Å². The number of hydrogen-bond donors (Lipinski definition) is 1. The zero-order valence-corrected chi connectivity index (χ0v) is 7.60. The van der Waals surface area contributed by atoms with Crippen LogP contribution in [0, 0.1) is 0 Å². The number of carbonyl (C=O) groups is 1.